The lowest BCUT2D eigenvalue weighted by atomic mass is 10.1. The molecule has 4 N–H and O–H groups in total. The van der Waals surface area contributed by atoms with Crippen LogP contribution in [0.2, 0.25) is 0 Å². The van der Waals surface area contributed by atoms with E-state index in [9.17, 15) is 9.18 Å². The van der Waals surface area contributed by atoms with Crippen molar-refractivity contribution in [1.82, 2.24) is 19.7 Å². The van der Waals surface area contributed by atoms with Gasteiger partial charge in [-0.1, -0.05) is 0 Å². The van der Waals surface area contributed by atoms with Crippen molar-refractivity contribution in [3.63, 3.8) is 0 Å². The smallest absolute Gasteiger partial charge is 0.340 e. The summed E-state index contributed by atoms with van der Waals surface area (Å²) < 4.78 is 15.5. The van der Waals surface area contributed by atoms with E-state index in [1.54, 1.807) is 6.07 Å². The van der Waals surface area contributed by atoms with Crippen LogP contribution in [-0.4, -0.2) is 26.3 Å². The molecule has 2 aromatic heterocycles. The van der Waals surface area contributed by atoms with Gasteiger partial charge in [0.05, 0.1) is 0 Å². The molecule has 0 fully saturated rings. The first kappa shape index (κ1) is 18.2. The molecule has 0 atom stereocenters. The zero-order chi connectivity index (χ0) is 14.1. The van der Waals surface area contributed by atoms with Gasteiger partial charge in [0.25, 0.3) is 0 Å². The molecule has 0 bridgehead atoms. The highest BCUT2D eigenvalue weighted by Crippen LogP contribution is 2.28. The molecule has 3 aromatic rings. The van der Waals surface area contributed by atoms with Gasteiger partial charge in [-0.2, -0.15) is 5.10 Å². The Morgan fingerprint density at radius 3 is 2.73 bits per heavy atom. The van der Waals surface area contributed by atoms with Crippen LogP contribution in [0.15, 0.2) is 29.2 Å². The number of fused-ring (bicyclic) bond motifs is 1. The number of H-pyrrole nitrogens is 2. The Hall–Kier alpha value is -1.83. The predicted octanol–water partition coefficient (Wildman–Crippen LogP) is 2.05. The van der Waals surface area contributed by atoms with Crippen molar-refractivity contribution >= 4 is 35.7 Å². The number of rotatable bonds is 4. The van der Waals surface area contributed by atoms with Crippen LogP contribution in [0.5, 0.6) is 0 Å². The van der Waals surface area contributed by atoms with Crippen molar-refractivity contribution in [2.24, 2.45) is 5.73 Å². The third-order valence-electron chi connectivity index (χ3n) is 3.20. The van der Waals surface area contributed by atoms with E-state index in [1.807, 2.05) is 10.8 Å². The van der Waals surface area contributed by atoms with Crippen molar-refractivity contribution in [3.8, 4) is 11.4 Å². The van der Waals surface area contributed by atoms with Crippen molar-refractivity contribution in [2.45, 2.75) is 13.0 Å². The van der Waals surface area contributed by atoms with Crippen molar-refractivity contribution in [1.29, 1.82) is 0 Å². The fourth-order valence-corrected chi connectivity index (χ4v) is 2.30. The molecule has 1 aromatic carbocycles. The molecule has 0 aliphatic heterocycles. The third-order valence-corrected chi connectivity index (χ3v) is 3.20. The maximum Gasteiger partial charge on any atom is 0.340 e. The van der Waals surface area contributed by atoms with Gasteiger partial charge in [0, 0.05) is 29.2 Å². The van der Waals surface area contributed by atoms with Crippen LogP contribution in [0, 0.1) is 5.82 Å². The Balaban J connectivity index is 0.00000121. The van der Waals surface area contributed by atoms with Crippen LogP contribution >= 0.6 is 24.8 Å². The highest BCUT2D eigenvalue weighted by Gasteiger charge is 2.13. The van der Waals surface area contributed by atoms with Crippen molar-refractivity contribution in [2.75, 3.05) is 6.54 Å². The number of hydrogen-bond acceptors (Lipinski definition) is 3. The van der Waals surface area contributed by atoms with Gasteiger partial charge in [-0.05, 0) is 31.2 Å². The second-order valence-electron chi connectivity index (χ2n) is 4.57. The second-order valence-corrected chi connectivity index (χ2v) is 4.57. The molecule has 2 heterocycles. The molecule has 0 amide bonds. The lowest BCUT2D eigenvalue weighted by Crippen LogP contribution is -2.04. The number of aromatic nitrogens is 4. The van der Waals surface area contributed by atoms with Crippen LogP contribution < -0.4 is 11.4 Å². The SMILES string of the molecule is Cl.Cl.NCCCn1cc(-c2n[nH]c(=O)[nH]2)c2cc(F)ccc21. The second kappa shape index (κ2) is 7.44. The molecule has 0 saturated carbocycles. The van der Waals surface area contributed by atoms with Crippen LogP contribution in [0.25, 0.3) is 22.3 Å². The Morgan fingerprint density at radius 1 is 1.32 bits per heavy atom. The summed E-state index contributed by atoms with van der Waals surface area (Å²) in [6.07, 6.45) is 2.67. The standard InChI is InChI=1S/C13H14FN5O.2ClH/c14-8-2-3-11-9(6-8)10(7-19(11)5-1-4-15)12-16-13(20)18-17-12;;/h2-3,6-7H,1,4-5,15H2,(H2,16,17,18,20);2*1H. The number of aryl methyl sites for hydroxylation is 1. The minimum absolute atomic E-state index is 0. The molecule has 3 rings (SSSR count). The molecular formula is C13H16Cl2FN5O. The van der Waals surface area contributed by atoms with Crippen LogP contribution in [0.1, 0.15) is 6.42 Å². The van der Waals surface area contributed by atoms with E-state index >= 15 is 0 Å². The van der Waals surface area contributed by atoms with Crippen molar-refractivity contribution in [3.05, 3.63) is 40.7 Å². The topological polar surface area (TPSA) is 92.5 Å². The lowest BCUT2D eigenvalue weighted by molar-refractivity contribution is 0.629. The minimum Gasteiger partial charge on any atom is -0.347 e. The number of nitrogens with one attached hydrogen (secondary N) is 2. The van der Waals surface area contributed by atoms with Crippen LogP contribution in [0.3, 0.4) is 0 Å². The van der Waals surface area contributed by atoms with Crippen LogP contribution in [0.4, 0.5) is 4.39 Å². The third kappa shape index (κ3) is 3.32. The van der Waals surface area contributed by atoms with E-state index < -0.39 is 0 Å². The largest absolute Gasteiger partial charge is 0.347 e. The number of hydrogen-bond donors (Lipinski definition) is 3. The van der Waals surface area contributed by atoms with E-state index in [1.165, 1.54) is 12.1 Å². The van der Waals surface area contributed by atoms with Gasteiger partial charge >= 0.3 is 5.69 Å². The quantitative estimate of drug-likeness (QED) is 0.674. The average Bonchev–Trinajstić information content (AvgIpc) is 3.00. The number of nitrogens with zero attached hydrogens (tertiary/aromatic N) is 2. The Morgan fingerprint density at radius 2 is 2.09 bits per heavy atom. The summed E-state index contributed by atoms with van der Waals surface area (Å²) in [5.41, 5.74) is 6.72. The van der Waals surface area contributed by atoms with E-state index in [2.05, 4.69) is 15.2 Å². The summed E-state index contributed by atoms with van der Waals surface area (Å²) in [5.74, 6) is 0.0744. The molecule has 120 valence electrons. The van der Waals surface area contributed by atoms with E-state index in [-0.39, 0.29) is 36.3 Å². The van der Waals surface area contributed by atoms with Gasteiger partial charge in [-0.3, -0.25) is 4.98 Å². The maximum absolute atomic E-state index is 13.5. The molecule has 0 saturated heterocycles. The van der Waals surface area contributed by atoms with Crippen molar-refractivity contribution < 1.29 is 4.39 Å². The Bertz CT molecular complexity index is 810. The molecule has 0 unspecified atom stereocenters. The molecule has 6 nitrogen and oxygen atoms in total. The fraction of sp³-hybridized carbons (Fsp3) is 0.231. The van der Waals surface area contributed by atoms with Gasteiger partial charge in [0.15, 0.2) is 5.82 Å². The van der Waals surface area contributed by atoms with Gasteiger partial charge in [0.2, 0.25) is 0 Å². The fourth-order valence-electron chi connectivity index (χ4n) is 2.30. The summed E-state index contributed by atoms with van der Waals surface area (Å²) in [5, 5.41) is 6.93. The molecule has 0 aliphatic carbocycles. The lowest BCUT2D eigenvalue weighted by Gasteiger charge is -2.03. The van der Waals surface area contributed by atoms with Crippen LogP contribution in [-0.2, 0) is 6.54 Å². The Labute approximate surface area is 137 Å². The van der Waals surface area contributed by atoms with Gasteiger partial charge in [-0.25, -0.2) is 14.3 Å². The number of nitrogens with two attached hydrogens (primary N) is 1. The van der Waals surface area contributed by atoms with Gasteiger partial charge in [0.1, 0.15) is 5.82 Å². The number of benzene rings is 1. The van der Waals surface area contributed by atoms with E-state index in [0.29, 0.717) is 23.3 Å². The first-order chi connectivity index (χ1) is 9.69. The predicted molar refractivity (Wildman–Crippen MR) is 88.3 cm³/mol. The van der Waals surface area contributed by atoms with Gasteiger partial charge in [-0.15, -0.1) is 24.8 Å². The van der Waals surface area contributed by atoms with Gasteiger partial charge < -0.3 is 10.3 Å². The number of halogens is 3. The molecule has 0 radical (unpaired) electrons. The first-order valence-electron chi connectivity index (χ1n) is 6.32. The first-order valence-corrected chi connectivity index (χ1v) is 6.32. The summed E-state index contributed by atoms with van der Waals surface area (Å²) in [4.78, 5) is 13.8. The molecule has 22 heavy (non-hydrogen) atoms. The molecule has 0 spiro atoms. The minimum atomic E-state index is -0.390. The summed E-state index contributed by atoms with van der Waals surface area (Å²) >= 11 is 0. The highest BCUT2D eigenvalue weighted by atomic mass is 35.5. The monoisotopic (exact) mass is 347 g/mol. The number of aromatic amines is 2. The summed E-state index contributed by atoms with van der Waals surface area (Å²) in [6, 6.07) is 4.57. The molecule has 9 heteroatoms. The molecular weight excluding hydrogens is 332 g/mol. The molecule has 0 aliphatic rings. The van der Waals surface area contributed by atoms with E-state index in [0.717, 1.165) is 18.5 Å². The zero-order valence-corrected chi connectivity index (χ0v) is 13.1. The zero-order valence-electron chi connectivity index (χ0n) is 11.5. The normalized spacial score (nSPS) is 10.3. The Kier molecular flexibility index (Phi) is 6.16. The van der Waals surface area contributed by atoms with E-state index in [4.69, 9.17) is 5.73 Å². The maximum atomic E-state index is 13.5. The average molecular weight is 348 g/mol. The summed E-state index contributed by atoms with van der Waals surface area (Å²) in [6.45, 7) is 1.31. The highest BCUT2D eigenvalue weighted by molar-refractivity contribution is 5.94. The summed E-state index contributed by atoms with van der Waals surface area (Å²) in [7, 11) is 0.